The molecule has 4 rings (SSSR count). The number of sulfone groups is 1. The molecule has 1 atom stereocenters. The number of sulfonamides is 1. The van der Waals surface area contributed by atoms with Crippen LogP contribution in [0, 0.1) is 5.82 Å². The Morgan fingerprint density at radius 1 is 0.971 bits per heavy atom. The van der Waals surface area contributed by atoms with E-state index in [0.29, 0.717) is 16.4 Å². The van der Waals surface area contributed by atoms with Gasteiger partial charge in [0, 0.05) is 19.2 Å². The van der Waals surface area contributed by atoms with Gasteiger partial charge in [0.1, 0.15) is 5.82 Å². The van der Waals surface area contributed by atoms with E-state index in [-0.39, 0.29) is 26.6 Å². The molecule has 0 fully saturated rings. The molecule has 184 valence electrons. The molecule has 3 aromatic carbocycles. The number of halogens is 4. The maximum absolute atomic E-state index is 13.9. The van der Waals surface area contributed by atoms with Crippen molar-refractivity contribution >= 4 is 25.6 Å². The number of benzene rings is 3. The van der Waals surface area contributed by atoms with E-state index in [0.717, 1.165) is 6.07 Å². The highest BCUT2D eigenvalue weighted by atomic mass is 32.2. The molecule has 12 heteroatoms. The SMILES string of the molecule is CN=C1c2ccccc2S(=O)(=O)C1N(Cc1ccc(F)c(C(F)(F)F)c1)S(=O)(=O)c1ccccc1. The lowest BCUT2D eigenvalue weighted by Crippen LogP contribution is -2.46. The molecule has 0 amide bonds. The Labute approximate surface area is 199 Å². The molecule has 6 nitrogen and oxygen atoms in total. The highest BCUT2D eigenvalue weighted by molar-refractivity contribution is 7.95. The summed E-state index contributed by atoms with van der Waals surface area (Å²) in [5.74, 6) is -1.53. The number of hydrogen-bond donors (Lipinski definition) is 0. The van der Waals surface area contributed by atoms with E-state index in [1.807, 2.05) is 0 Å². The molecule has 0 saturated carbocycles. The first-order valence-corrected chi connectivity index (χ1v) is 13.1. The molecule has 0 N–H and O–H groups in total. The van der Waals surface area contributed by atoms with Crippen LogP contribution in [0.4, 0.5) is 17.6 Å². The Morgan fingerprint density at radius 2 is 1.60 bits per heavy atom. The fraction of sp³-hybridized carbons (Fsp3) is 0.174. The minimum Gasteiger partial charge on any atom is -0.290 e. The Kier molecular flexibility index (Phi) is 6.32. The van der Waals surface area contributed by atoms with Crippen molar-refractivity contribution in [3.05, 3.63) is 95.3 Å². The minimum atomic E-state index is -5.03. The van der Waals surface area contributed by atoms with Crippen molar-refractivity contribution in [3.63, 3.8) is 0 Å². The summed E-state index contributed by atoms with van der Waals surface area (Å²) in [7, 11) is -7.62. The predicted octanol–water partition coefficient (Wildman–Crippen LogP) is 4.27. The second kappa shape index (κ2) is 8.85. The number of alkyl halides is 3. The summed E-state index contributed by atoms with van der Waals surface area (Å²) in [5, 5.41) is -1.84. The molecule has 0 radical (unpaired) electrons. The van der Waals surface area contributed by atoms with E-state index in [1.165, 1.54) is 49.5 Å². The molecule has 3 aromatic rings. The summed E-state index contributed by atoms with van der Waals surface area (Å²) in [4.78, 5) is 3.63. The van der Waals surface area contributed by atoms with Gasteiger partial charge in [-0.3, -0.25) is 4.99 Å². The molecule has 0 saturated heterocycles. The van der Waals surface area contributed by atoms with Crippen molar-refractivity contribution in [1.82, 2.24) is 4.31 Å². The van der Waals surface area contributed by atoms with Crippen LogP contribution in [0.2, 0.25) is 0 Å². The first-order valence-electron chi connectivity index (χ1n) is 10.1. The smallest absolute Gasteiger partial charge is 0.290 e. The van der Waals surface area contributed by atoms with Crippen molar-refractivity contribution < 1.29 is 34.4 Å². The van der Waals surface area contributed by atoms with Crippen LogP contribution in [0.25, 0.3) is 0 Å². The van der Waals surface area contributed by atoms with Crippen LogP contribution < -0.4 is 0 Å². The van der Waals surface area contributed by atoms with Crippen LogP contribution in [0.15, 0.2) is 87.6 Å². The van der Waals surface area contributed by atoms with Gasteiger partial charge in [0.15, 0.2) is 5.37 Å². The third-order valence-corrected chi connectivity index (χ3v) is 9.52. The van der Waals surface area contributed by atoms with Gasteiger partial charge in [-0.15, -0.1) is 0 Å². The van der Waals surface area contributed by atoms with Crippen LogP contribution >= 0.6 is 0 Å². The summed E-state index contributed by atoms with van der Waals surface area (Å²) in [6.45, 7) is -0.780. The summed E-state index contributed by atoms with van der Waals surface area (Å²) < 4.78 is 109. The molecule has 35 heavy (non-hydrogen) atoms. The predicted molar refractivity (Wildman–Crippen MR) is 120 cm³/mol. The van der Waals surface area contributed by atoms with Gasteiger partial charge >= 0.3 is 6.18 Å². The molecular formula is C23H18F4N2O4S2. The number of rotatable bonds is 5. The average Bonchev–Trinajstić information content (AvgIpc) is 3.04. The maximum Gasteiger partial charge on any atom is 0.419 e. The topological polar surface area (TPSA) is 83.9 Å². The minimum absolute atomic E-state index is 0.0711. The summed E-state index contributed by atoms with van der Waals surface area (Å²) in [5.41, 5.74) is -1.71. The van der Waals surface area contributed by atoms with Crippen LogP contribution in [-0.4, -0.2) is 39.3 Å². The van der Waals surface area contributed by atoms with Gasteiger partial charge in [-0.05, 0) is 35.9 Å². The van der Waals surface area contributed by atoms with Crippen molar-refractivity contribution in [3.8, 4) is 0 Å². The highest BCUT2D eigenvalue weighted by Crippen LogP contribution is 2.38. The molecule has 0 spiro atoms. The standard InChI is InChI=1S/C23H18F4N2O4S2/c1-28-21-17-9-5-6-10-20(17)34(30,31)22(21)29(35(32,33)16-7-3-2-4-8-16)14-15-11-12-19(24)18(13-15)23(25,26)27/h2-13,22H,14H2,1H3. The first-order chi connectivity index (χ1) is 16.4. The molecule has 1 aliphatic heterocycles. The molecule has 0 aromatic heterocycles. The van der Waals surface area contributed by atoms with Gasteiger partial charge < -0.3 is 0 Å². The maximum atomic E-state index is 13.9. The molecule has 1 heterocycles. The molecule has 1 unspecified atom stereocenters. The van der Waals surface area contributed by atoms with Gasteiger partial charge in [-0.1, -0.05) is 42.5 Å². The third-order valence-electron chi connectivity index (χ3n) is 5.52. The van der Waals surface area contributed by atoms with Crippen LogP contribution in [0.3, 0.4) is 0 Å². The van der Waals surface area contributed by atoms with Gasteiger partial charge in [-0.2, -0.15) is 17.5 Å². The molecular weight excluding hydrogens is 508 g/mol. The van der Waals surface area contributed by atoms with Crippen molar-refractivity contribution in [2.75, 3.05) is 7.05 Å². The van der Waals surface area contributed by atoms with Gasteiger partial charge in [0.05, 0.1) is 21.1 Å². The lowest BCUT2D eigenvalue weighted by atomic mass is 10.1. The fourth-order valence-corrected chi connectivity index (χ4v) is 7.96. The normalized spacial score (nSPS) is 18.7. The van der Waals surface area contributed by atoms with E-state index in [4.69, 9.17) is 0 Å². The second-order valence-corrected chi connectivity index (χ2v) is 11.5. The average molecular weight is 527 g/mol. The van der Waals surface area contributed by atoms with Crippen molar-refractivity contribution in [2.45, 2.75) is 27.9 Å². The summed E-state index contributed by atoms with van der Waals surface area (Å²) >= 11 is 0. The first kappa shape index (κ1) is 25.0. The fourth-order valence-electron chi connectivity index (χ4n) is 3.94. The largest absolute Gasteiger partial charge is 0.419 e. The van der Waals surface area contributed by atoms with Gasteiger partial charge in [0.2, 0.25) is 19.9 Å². The van der Waals surface area contributed by atoms with E-state index >= 15 is 0 Å². The number of nitrogens with zero attached hydrogens (tertiary/aromatic N) is 2. The van der Waals surface area contributed by atoms with E-state index in [2.05, 4.69) is 4.99 Å². The Balaban J connectivity index is 1.93. The number of aliphatic imine (C=N–C) groups is 1. The van der Waals surface area contributed by atoms with E-state index in [1.54, 1.807) is 12.1 Å². The Morgan fingerprint density at radius 3 is 2.23 bits per heavy atom. The number of hydrogen-bond acceptors (Lipinski definition) is 5. The lowest BCUT2D eigenvalue weighted by Gasteiger charge is -2.28. The van der Waals surface area contributed by atoms with Crippen molar-refractivity contribution in [1.29, 1.82) is 0 Å². The monoisotopic (exact) mass is 526 g/mol. The Bertz CT molecular complexity index is 1520. The zero-order chi connectivity index (χ0) is 25.6. The van der Waals surface area contributed by atoms with Gasteiger partial charge in [-0.25, -0.2) is 21.2 Å². The molecule has 0 bridgehead atoms. The second-order valence-electron chi connectivity index (χ2n) is 7.68. The third kappa shape index (κ3) is 4.37. The summed E-state index contributed by atoms with van der Waals surface area (Å²) in [6, 6.07) is 14.7. The molecule has 0 aliphatic carbocycles. The zero-order valence-corrected chi connectivity index (χ0v) is 19.7. The number of fused-ring (bicyclic) bond motifs is 1. The van der Waals surface area contributed by atoms with Gasteiger partial charge in [0.25, 0.3) is 0 Å². The van der Waals surface area contributed by atoms with Crippen LogP contribution in [0.5, 0.6) is 0 Å². The quantitative estimate of drug-likeness (QED) is 0.465. The van der Waals surface area contributed by atoms with Crippen molar-refractivity contribution in [2.24, 2.45) is 4.99 Å². The van der Waals surface area contributed by atoms with Crippen LogP contribution in [-0.2, 0) is 32.6 Å². The Hall–Kier alpha value is -3.09. The molecule has 1 aliphatic rings. The highest BCUT2D eigenvalue weighted by Gasteiger charge is 2.50. The van der Waals surface area contributed by atoms with E-state index in [9.17, 15) is 34.4 Å². The summed E-state index contributed by atoms with van der Waals surface area (Å²) in [6.07, 6.45) is -5.03. The lowest BCUT2D eigenvalue weighted by molar-refractivity contribution is -0.140. The van der Waals surface area contributed by atoms with Crippen LogP contribution in [0.1, 0.15) is 16.7 Å². The zero-order valence-electron chi connectivity index (χ0n) is 18.1. The van der Waals surface area contributed by atoms with E-state index < -0.39 is 49.3 Å².